The zero-order valence-corrected chi connectivity index (χ0v) is 22.1. The quantitative estimate of drug-likeness (QED) is 0.143. The number of aliphatic carboxylic acids is 8. The second kappa shape index (κ2) is 27.7. The Hall–Kier alpha value is -0.474. The molecule has 0 atom stereocenters. The van der Waals surface area contributed by atoms with Crippen molar-refractivity contribution in [3.05, 3.63) is 0 Å². The SMILES string of the molecule is O=C(O)C(=O)O.O=C(O)C(=O)O.O=C([O-])C(=O)[O-].O=C([O-])C(=O)[O-].[Ba+2].[Sr+2].[Ti]. The Morgan fingerprint density at radius 3 is 0.519 bits per heavy atom. The minimum atomic E-state index is -2.19. The van der Waals surface area contributed by atoms with E-state index in [0.29, 0.717) is 0 Å². The molecular weight excluding hydrogens is 625 g/mol. The molecule has 0 radical (unpaired) electrons. The largest absolute Gasteiger partial charge is 2.00 e. The van der Waals surface area contributed by atoms with Gasteiger partial charge in [0, 0.05) is 21.7 Å². The Labute approximate surface area is 239 Å². The molecule has 0 aliphatic rings. The van der Waals surface area contributed by atoms with Gasteiger partial charge in [0.15, 0.2) is 0 Å². The maximum absolute atomic E-state index is 9.10. The number of rotatable bonds is 0. The van der Waals surface area contributed by atoms with Gasteiger partial charge in [-0.25, -0.2) is 19.2 Å². The van der Waals surface area contributed by atoms with E-state index in [1.165, 1.54) is 0 Å². The summed E-state index contributed by atoms with van der Waals surface area (Å²) in [5.74, 6) is -16.0. The predicted molar refractivity (Wildman–Crippen MR) is 62.1 cm³/mol. The Morgan fingerprint density at radius 2 is 0.519 bits per heavy atom. The molecule has 0 aromatic heterocycles. The Morgan fingerprint density at radius 1 is 0.444 bits per heavy atom. The van der Waals surface area contributed by atoms with Crippen molar-refractivity contribution in [2.75, 3.05) is 0 Å². The van der Waals surface area contributed by atoms with Gasteiger partial charge in [-0.05, 0) is 0 Å². The third-order valence-corrected chi connectivity index (χ3v) is 0.699. The van der Waals surface area contributed by atoms with Gasteiger partial charge in [0.25, 0.3) is 0 Å². The normalized spacial score (nSPS) is 6.52. The average molecular weight is 629 g/mol. The molecule has 0 aromatic rings. The molecule has 0 unspecified atom stereocenters. The van der Waals surface area contributed by atoms with E-state index in [2.05, 4.69) is 0 Å². The summed E-state index contributed by atoms with van der Waals surface area (Å²) in [6.07, 6.45) is 0. The molecule has 0 saturated heterocycles. The van der Waals surface area contributed by atoms with Gasteiger partial charge in [0.05, 0.1) is 23.9 Å². The molecule has 0 fully saturated rings. The summed E-state index contributed by atoms with van der Waals surface area (Å²) in [5, 5.41) is 65.3. The van der Waals surface area contributed by atoms with Gasteiger partial charge >= 0.3 is 118 Å². The minimum absolute atomic E-state index is 0. The molecule has 0 spiro atoms. The van der Waals surface area contributed by atoms with Crippen LogP contribution < -0.4 is 20.4 Å². The molecular formula is C8H4BaO16SrTi. The molecule has 0 bridgehead atoms. The van der Waals surface area contributed by atoms with Crippen molar-refractivity contribution in [2.24, 2.45) is 0 Å². The summed E-state index contributed by atoms with van der Waals surface area (Å²) in [7, 11) is 0. The van der Waals surface area contributed by atoms with E-state index >= 15 is 0 Å². The fraction of sp³-hybridized carbons (Fsp3) is 0. The fourth-order valence-corrected chi connectivity index (χ4v) is 0. The maximum atomic E-state index is 9.10. The van der Waals surface area contributed by atoms with Gasteiger partial charge in [-0.15, -0.1) is 0 Å². The zero-order chi connectivity index (χ0) is 20.6. The molecule has 0 aliphatic heterocycles. The Balaban J connectivity index is -0.0000000381. The summed E-state index contributed by atoms with van der Waals surface area (Å²) < 4.78 is 0. The first-order valence-corrected chi connectivity index (χ1v) is 4.34. The topological polar surface area (TPSA) is 310 Å². The number of carbonyl (C=O) groups is 8. The van der Waals surface area contributed by atoms with Gasteiger partial charge in [-0.2, -0.15) is 0 Å². The van der Waals surface area contributed by atoms with Crippen LogP contribution in [-0.4, -0.2) is 163 Å². The van der Waals surface area contributed by atoms with Crippen molar-refractivity contribution >= 4 is 142 Å². The molecule has 0 rings (SSSR count). The van der Waals surface area contributed by atoms with Crippen LogP contribution in [0.1, 0.15) is 0 Å². The van der Waals surface area contributed by atoms with Gasteiger partial charge in [-0.3, -0.25) is 0 Å². The second-order valence-corrected chi connectivity index (χ2v) is 2.37. The summed E-state index contributed by atoms with van der Waals surface area (Å²) in [6.45, 7) is 0. The van der Waals surface area contributed by atoms with Crippen LogP contribution in [0.4, 0.5) is 0 Å². The molecule has 0 amide bonds. The zero-order valence-electron chi connectivity index (χ0n) is 12.6. The molecule has 16 nitrogen and oxygen atoms in total. The molecule has 140 valence electrons. The van der Waals surface area contributed by atoms with Crippen molar-refractivity contribution in [3.63, 3.8) is 0 Å². The molecule has 0 heterocycles. The van der Waals surface area contributed by atoms with E-state index in [1.54, 1.807) is 0 Å². The summed E-state index contributed by atoms with van der Waals surface area (Å²) in [6, 6.07) is 0. The first kappa shape index (κ1) is 45.3. The summed E-state index contributed by atoms with van der Waals surface area (Å²) in [4.78, 5) is 72.1. The van der Waals surface area contributed by atoms with E-state index < -0.39 is 47.8 Å². The van der Waals surface area contributed by atoms with Gasteiger partial charge in [-0.1, -0.05) is 0 Å². The first-order valence-electron chi connectivity index (χ1n) is 4.34. The third-order valence-electron chi connectivity index (χ3n) is 0.699. The van der Waals surface area contributed by atoms with Crippen LogP contribution in [0.15, 0.2) is 0 Å². The number of hydrogen-bond donors (Lipinski definition) is 4. The van der Waals surface area contributed by atoms with E-state index in [0.717, 1.165) is 0 Å². The van der Waals surface area contributed by atoms with Crippen molar-refractivity contribution in [1.82, 2.24) is 0 Å². The number of carboxylic acids is 8. The monoisotopic (exact) mass is 630 g/mol. The van der Waals surface area contributed by atoms with Crippen LogP contribution in [0, 0.1) is 0 Å². The van der Waals surface area contributed by atoms with Crippen LogP contribution >= 0.6 is 0 Å². The van der Waals surface area contributed by atoms with Crippen LogP contribution in [0.2, 0.25) is 0 Å². The number of carboxylic acid groups (broad SMARTS) is 8. The molecule has 4 N–H and O–H groups in total. The van der Waals surface area contributed by atoms with Crippen molar-refractivity contribution in [1.29, 1.82) is 0 Å². The van der Waals surface area contributed by atoms with E-state index in [4.69, 9.17) is 79.2 Å². The smallest absolute Gasteiger partial charge is 0.543 e. The average Bonchev–Trinajstić information content (AvgIpc) is 2.40. The molecule has 0 aromatic carbocycles. The van der Waals surface area contributed by atoms with Crippen molar-refractivity contribution < 1.29 is 101 Å². The van der Waals surface area contributed by atoms with Crippen LogP contribution in [0.3, 0.4) is 0 Å². The molecule has 19 heteroatoms. The van der Waals surface area contributed by atoms with E-state index in [9.17, 15) is 0 Å². The van der Waals surface area contributed by atoms with Gasteiger partial charge in [0.1, 0.15) is 0 Å². The maximum Gasteiger partial charge on any atom is 2.00 e. The predicted octanol–water partition coefficient (Wildman–Crippen LogP) is -9.48. The van der Waals surface area contributed by atoms with E-state index in [-0.39, 0.29) is 116 Å². The minimum Gasteiger partial charge on any atom is -0.543 e. The van der Waals surface area contributed by atoms with Gasteiger partial charge < -0.3 is 60.0 Å². The van der Waals surface area contributed by atoms with Crippen molar-refractivity contribution in [2.45, 2.75) is 0 Å². The van der Waals surface area contributed by atoms with Crippen molar-refractivity contribution in [3.8, 4) is 0 Å². The molecule has 27 heavy (non-hydrogen) atoms. The molecule has 0 saturated carbocycles. The second-order valence-electron chi connectivity index (χ2n) is 2.37. The van der Waals surface area contributed by atoms with E-state index in [1.807, 2.05) is 0 Å². The third kappa shape index (κ3) is 58.6. The standard InChI is InChI=1S/4C2H2O4.Ba.Sr.Ti/c4*3-1(4)2(5)6;;;/h4*(H,3,4)(H,5,6);;;/q;;;;2*+2;/p-4. The van der Waals surface area contributed by atoms with Crippen LogP contribution in [-0.2, 0) is 60.1 Å². The van der Waals surface area contributed by atoms with Crippen LogP contribution in [0.5, 0.6) is 0 Å². The fourth-order valence-electron chi connectivity index (χ4n) is 0. The number of hydrogen-bond acceptors (Lipinski definition) is 12. The Bertz CT molecular complexity index is 401. The number of carbonyl (C=O) groups excluding carboxylic acids is 4. The van der Waals surface area contributed by atoms with Gasteiger partial charge in [0.2, 0.25) is 0 Å². The first-order chi connectivity index (χ1) is 10.6. The summed E-state index contributed by atoms with van der Waals surface area (Å²) >= 11 is 0. The molecule has 0 aliphatic carbocycles. The summed E-state index contributed by atoms with van der Waals surface area (Å²) in [5.41, 5.74) is 0. The van der Waals surface area contributed by atoms with Crippen LogP contribution in [0.25, 0.3) is 0 Å². The Kier molecular flexibility index (Phi) is 46.6.